The quantitative estimate of drug-likeness (QED) is 0.872. The second kappa shape index (κ2) is 9.93. The molecule has 0 radical (unpaired) electrons. The second-order valence-electron chi connectivity index (χ2n) is 3.69. The number of esters is 1. The van der Waals surface area contributed by atoms with Crippen LogP contribution >= 0.6 is 0 Å². The van der Waals surface area contributed by atoms with Gasteiger partial charge in [0.25, 0.3) is 0 Å². The number of carbonyl (C=O) groups is 2. The van der Waals surface area contributed by atoms with E-state index in [1.807, 2.05) is 0 Å². The van der Waals surface area contributed by atoms with Crippen LogP contribution in [0.4, 0.5) is 8.78 Å². The number of carboxylic acid groups (broad SMARTS) is 1. The van der Waals surface area contributed by atoms with Crippen molar-refractivity contribution in [3.63, 3.8) is 0 Å². The van der Waals surface area contributed by atoms with Crippen LogP contribution in [0.5, 0.6) is 0 Å². The molecule has 0 spiro atoms. The Bertz CT molecular complexity index is 665. The Morgan fingerprint density at radius 2 is 1.57 bits per heavy atom. The fourth-order valence-corrected chi connectivity index (χ4v) is 1.28. The van der Waals surface area contributed by atoms with Crippen molar-refractivity contribution in [1.29, 1.82) is 0 Å². The molecule has 2 aromatic heterocycles. The van der Waals surface area contributed by atoms with Crippen molar-refractivity contribution >= 4 is 11.9 Å². The molecule has 0 saturated carbocycles. The van der Waals surface area contributed by atoms with E-state index in [4.69, 9.17) is 5.11 Å². The Morgan fingerprint density at radius 3 is 1.91 bits per heavy atom. The summed E-state index contributed by atoms with van der Waals surface area (Å²) in [5.41, 5.74) is -0.804. The third-order valence-electron chi connectivity index (χ3n) is 2.19. The molecule has 0 fully saturated rings. The van der Waals surface area contributed by atoms with Crippen LogP contribution in [0.3, 0.4) is 0 Å². The summed E-state index contributed by atoms with van der Waals surface area (Å²) in [4.78, 5) is 27.9. The molecule has 23 heavy (non-hydrogen) atoms. The van der Waals surface area contributed by atoms with E-state index in [1.54, 1.807) is 6.92 Å². The van der Waals surface area contributed by atoms with Crippen LogP contribution in [0.2, 0.25) is 0 Å². The first-order valence-electron chi connectivity index (χ1n) is 6.08. The minimum absolute atomic E-state index is 0. The van der Waals surface area contributed by atoms with Gasteiger partial charge in [0.15, 0.2) is 23.0 Å². The summed E-state index contributed by atoms with van der Waals surface area (Å²) in [6.45, 7) is 1.87. The van der Waals surface area contributed by atoms with Crippen LogP contribution in [-0.2, 0) is 4.74 Å². The van der Waals surface area contributed by atoms with Crippen LogP contribution in [-0.4, -0.2) is 33.6 Å². The number of pyridine rings is 2. The molecule has 6 nitrogen and oxygen atoms in total. The molecule has 0 aliphatic rings. The summed E-state index contributed by atoms with van der Waals surface area (Å²) >= 11 is 0. The number of aromatic carboxylic acids is 1. The molecular formula is C15H16F2N2O4. The van der Waals surface area contributed by atoms with E-state index in [2.05, 4.69) is 14.7 Å². The van der Waals surface area contributed by atoms with E-state index in [0.717, 1.165) is 6.07 Å². The van der Waals surface area contributed by atoms with E-state index >= 15 is 0 Å². The van der Waals surface area contributed by atoms with Gasteiger partial charge in [-0.1, -0.05) is 7.43 Å². The standard InChI is InChI=1S/C8H8FNO2.C6H4FNO2.CH4/c1-2-12-8(11)7-6(9)4-3-5-10-7;7-4-2-1-3-8-5(4)6(9)10;/h3-5H,2H2,1H3;1-3H,(H,9,10);1H4. The van der Waals surface area contributed by atoms with Crippen LogP contribution in [0.25, 0.3) is 0 Å². The maximum absolute atomic E-state index is 12.8. The number of hydrogen-bond donors (Lipinski definition) is 1. The Balaban J connectivity index is 0.000000409. The number of rotatable bonds is 3. The minimum Gasteiger partial charge on any atom is -0.476 e. The van der Waals surface area contributed by atoms with Crippen molar-refractivity contribution in [3.8, 4) is 0 Å². The molecule has 0 amide bonds. The van der Waals surface area contributed by atoms with Gasteiger partial charge in [-0.3, -0.25) is 0 Å². The van der Waals surface area contributed by atoms with Crippen molar-refractivity contribution in [2.75, 3.05) is 6.61 Å². The fraction of sp³-hybridized carbons (Fsp3) is 0.200. The topological polar surface area (TPSA) is 89.4 Å². The molecule has 1 N–H and O–H groups in total. The van der Waals surface area contributed by atoms with Crippen molar-refractivity contribution in [1.82, 2.24) is 9.97 Å². The highest BCUT2D eigenvalue weighted by atomic mass is 19.1. The zero-order valence-electron chi connectivity index (χ0n) is 11.5. The fourth-order valence-electron chi connectivity index (χ4n) is 1.28. The van der Waals surface area contributed by atoms with E-state index < -0.39 is 29.3 Å². The Morgan fingerprint density at radius 1 is 1.09 bits per heavy atom. The van der Waals surface area contributed by atoms with Crippen molar-refractivity contribution in [2.24, 2.45) is 0 Å². The molecule has 0 aromatic carbocycles. The largest absolute Gasteiger partial charge is 0.476 e. The zero-order valence-corrected chi connectivity index (χ0v) is 11.5. The summed E-state index contributed by atoms with van der Waals surface area (Å²) in [6.07, 6.45) is 2.57. The number of carboxylic acids is 1. The zero-order chi connectivity index (χ0) is 16.5. The third-order valence-corrected chi connectivity index (χ3v) is 2.19. The summed E-state index contributed by atoms with van der Waals surface area (Å²) in [7, 11) is 0. The number of aromatic nitrogens is 2. The van der Waals surface area contributed by atoms with Crippen molar-refractivity contribution in [3.05, 3.63) is 59.7 Å². The van der Waals surface area contributed by atoms with Gasteiger partial charge < -0.3 is 9.84 Å². The first kappa shape index (κ1) is 20.1. The van der Waals surface area contributed by atoms with Crippen molar-refractivity contribution < 1.29 is 28.2 Å². The van der Waals surface area contributed by atoms with Gasteiger partial charge >= 0.3 is 11.9 Å². The average molecular weight is 326 g/mol. The van der Waals surface area contributed by atoms with Gasteiger partial charge in [0.05, 0.1) is 6.61 Å². The summed E-state index contributed by atoms with van der Waals surface area (Å²) < 4.78 is 29.8. The highest BCUT2D eigenvalue weighted by Gasteiger charge is 2.12. The lowest BCUT2D eigenvalue weighted by molar-refractivity contribution is 0.0513. The molecule has 124 valence electrons. The lowest BCUT2D eigenvalue weighted by Crippen LogP contribution is -2.09. The van der Waals surface area contributed by atoms with Crippen LogP contribution < -0.4 is 0 Å². The molecule has 0 atom stereocenters. The van der Waals surface area contributed by atoms with Gasteiger partial charge in [0.2, 0.25) is 0 Å². The van der Waals surface area contributed by atoms with E-state index in [9.17, 15) is 18.4 Å². The molecule has 2 rings (SSSR count). The smallest absolute Gasteiger partial charge is 0.359 e. The predicted octanol–water partition coefficient (Wildman–Crippen LogP) is 2.95. The van der Waals surface area contributed by atoms with Gasteiger partial charge in [0.1, 0.15) is 0 Å². The predicted molar refractivity (Wildman–Crippen MR) is 78.0 cm³/mol. The van der Waals surface area contributed by atoms with Crippen molar-refractivity contribution in [2.45, 2.75) is 14.4 Å². The first-order valence-corrected chi connectivity index (χ1v) is 6.08. The molecule has 0 bridgehead atoms. The normalized spacial score (nSPS) is 9.00. The number of carbonyl (C=O) groups excluding carboxylic acids is 1. The highest BCUT2D eigenvalue weighted by Crippen LogP contribution is 2.03. The molecule has 8 heteroatoms. The number of ether oxygens (including phenoxy) is 1. The molecule has 0 aliphatic carbocycles. The van der Waals surface area contributed by atoms with E-state index in [0.29, 0.717) is 0 Å². The van der Waals surface area contributed by atoms with Gasteiger partial charge in [0, 0.05) is 12.4 Å². The minimum atomic E-state index is -1.35. The Labute approximate surface area is 131 Å². The molecule has 2 heterocycles. The highest BCUT2D eigenvalue weighted by molar-refractivity contribution is 5.87. The number of hydrogen-bond acceptors (Lipinski definition) is 5. The van der Waals surface area contributed by atoms with Gasteiger partial charge in [-0.2, -0.15) is 0 Å². The average Bonchev–Trinajstić information content (AvgIpc) is 2.48. The van der Waals surface area contributed by atoms with Gasteiger partial charge in [-0.05, 0) is 31.2 Å². The molecule has 0 saturated heterocycles. The Kier molecular flexibility index (Phi) is 8.68. The lowest BCUT2D eigenvalue weighted by atomic mass is 10.3. The first-order chi connectivity index (χ1) is 10.5. The van der Waals surface area contributed by atoms with E-state index in [-0.39, 0.29) is 19.7 Å². The summed E-state index contributed by atoms with van der Waals surface area (Å²) in [5.74, 6) is -3.54. The van der Waals surface area contributed by atoms with Gasteiger partial charge in [-0.15, -0.1) is 0 Å². The molecule has 0 unspecified atom stereocenters. The van der Waals surface area contributed by atoms with Crippen LogP contribution in [0.15, 0.2) is 36.7 Å². The summed E-state index contributed by atoms with van der Waals surface area (Å²) in [5, 5.41) is 8.26. The molecule has 2 aromatic rings. The second-order valence-corrected chi connectivity index (χ2v) is 3.69. The number of halogens is 2. The number of nitrogens with zero attached hydrogens (tertiary/aromatic N) is 2. The maximum Gasteiger partial charge on any atom is 0.359 e. The Hall–Kier alpha value is -2.90. The summed E-state index contributed by atoms with van der Waals surface area (Å²) in [6, 6.07) is 4.97. The van der Waals surface area contributed by atoms with Gasteiger partial charge in [-0.25, -0.2) is 28.3 Å². The lowest BCUT2D eigenvalue weighted by Gasteiger charge is -2.00. The van der Waals surface area contributed by atoms with E-state index in [1.165, 1.54) is 30.6 Å². The maximum atomic E-state index is 12.8. The van der Waals surface area contributed by atoms with Crippen LogP contribution in [0.1, 0.15) is 35.3 Å². The van der Waals surface area contributed by atoms with Crippen LogP contribution in [0, 0.1) is 11.6 Å². The molecular weight excluding hydrogens is 310 g/mol. The monoisotopic (exact) mass is 326 g/mol. The SMILES string of the molecule is C.CCOC(=O)c1ncccc1F.O=C(O)c1ncccc1F. The molecule has 0 aliphatic heterocycles. The third kappa shape index (κ3) is 6.16.